The minimum Gasteiger partial charge on any atom is -0.494 e. The molecular weight excluding hydrogens is 361 g/mol. The van der Waals surface area contributed by atoms with Crippen LogP contribution in [-0.4, -0.2) is 35.6 Å². The van der Waals surface area contributed by atoms with E-state index in [-0.39, 0.29) is 6.03 Å². The van der Waals surface area contributed by atoms with Gasteiger partial charge in [0.2, 0.25) is 0 Å². The molecule has 3 rings (SSSR count). The first-order valence-corrected chi connectivity index (χ1v) is 8.91. The monoisotopic (exact) mass is 379 g/mol. The quantitative estimate of drug-likeness (QED) is 0.817. The number of pyridine rings is 1. The molecule has 1 aliphatic heterocycles. The van der Waals surface area contributed by atoms with Gasteiger partial charge in [-0.2, -0.15) is 0 Å². The number of anilines is 1. The van der Waals surface area contributed by atoms with Gasteiger partial charge in [0.05, 0.1) is 28.5 Å². The predicted octanol–water partition coefficient (Wildman–Crippen LogP) is 4.71. The van der Waals surface area contributed by atoms with Gasteiger partial charge in [-0.05, 0) is 43.0 Å². The number of nitrogens with one attached hydrogen (secondary N) is 1. The molecule has 1 aliphatic rings. The van der Waals surface area contributed by atoms with Crippen LogP contribution in [0.1, 0.15) is 12.8 Å². The van der Waals surface area contributed by atoms with Gasteiger partial charge in [0.15, 0.2) is 0 Å². The molecule has 1 N–H and O–H groups in total. The zero-order valence-electron chi connectivity index (χ0n) is 13.6. The average Bonchev–Trinajstić information content (AvgIpc) is 3.08. The molecule has 2 heterocycles. The van der Waals surface area contributed by atoms with E-state index in [1.54, 1.807) is 36.7 Å². The number of nitrogens with zero attached hydrogens (tertiary/aromatic N) is 2. The topological polar surface area (TPSA) is 54.5 Å². The first-order chi connectivity index (χ1) is 12.1. The van der Waals surface area contributed by atoms with Crippen LogP contribution in [0.15, 0.2) is 42.7 Å². The van der Waals surface area contributed by atoms with E-state index in [9.17, 15) is 4.79 Å². The van der Waals surface area contributed by atoms with E-state index in [4.69, 9.17) is 27.9 Å². The summed E-state index contributed by atoms with van der Waals surface area (Å²) in [7, 11) is 0. The number of hydrogen-bond donors (Lipinski definition) is 1. The van der Waals surface area contributed by atoms with Crippen LogP contribution in [-0.2, 0) is 0 Å². The van der Waals surface area contributed by atoms with Gasteiger partial charge >= 0.3 is 6.03 Å². The van der Waals surface area contributed by atoms with Gasteiger partial charge in [0, 0.05) is 25.4 Å². The minimum absolute atomic E-state index is 0.0825. The highest BCUT2D eigenvalue weighted by molar-refractivity contribution is 6.42. The van der Waals surface area contributed by atoms with Gasteiger partial charge in [-0.1, -0.05) is 23.2 Å². The standard InChI is InChI=1S/C18H19Cl2N3O2/c19-16-4-3-15(10-17(16)20)25-9-6-13-5-8-23(12-13)18(24)22-14-2-1-7-21-11-14/h1-4,7,10-11,13H,5-6,8-9,12H2,(H,22,24). The summed E-state index contributed by atoms with van der Waals surface area (Å²) in [6.07, 6.45) is 5.17. The van der Waals surface area contributed by atoms with Crippen molar-refractivity contribution in [1.82, 2.24) is 9.88 Å². The van der Waals surface area contributed by atoms with E-state index < -0.39 is 0 Å². The summed E-state index contributed by atoms with van der Waals surface area (Å²) in [5.41, 5.74) is 0.707. The van der Waals surface area contributed by atoms with E-state index >= 15 is 0 Å². The molecule has 25 heavy (non-hydrogen) atoms. The van der Waals surface area contributed by atoms with E-state index in [0.29, 0.717) is 34.0 Å². The van der Waals surface area contributed by atoms with Gasteiger partial charge < -0.3 is 15.0 Å². The zero-order chi connectivity index (χ0) is 17.6. The molecule has 0 spiro atoms. The fraction of sp³-hybridized carbons (Fsp3) is 0.333. The molecule has 2 amide bonds. The lowest BCUT2D eigenvalue weighted by Gasteiger charge is -2.17. The first kappa shape index (κ1) is 17.8. The van der Waals surface area contributed by atoms with Gasteiger partial charge in [-0.3, -0.25) is 4.98 Å². The van der Waals surface area contributed by atoms with Gasteiger partial charge in [0.25, 0.3) is 0 Å². The van der Waals surface area contributed by atoms with E-state index in [2.05, 4.69) is 10.3 Å². The molecule has 1 aromatic heterocycles. The van der Waals surface area contributed by atoms with Crippen molar-refractivity contribution in [2.24, 2.45) is 5.92 Å². The number of ether oxygens (including phenoxy) is 1. The summed E-state index contributed by atoms with van der Waals surface area (Å²) in [4.78, 5) is 18.1. The maximum Gasteiger partial charge on any atom is 0.321 e. The molecule has 0 aliphatic carbocycles. The number of benzene rings is 1. The fourth-order valence-electron chi connectivity index (χ4n) is 2.80. The Hall–Kier alpha value is -1.98. The van der Waals surface area contributed by atoms with Crippen molar-refractivity contribution in [3.63, 3.8) is 0 Å². The Labute approximate surface area is 156 Å². The third-order valence-corrected chi connectivity index (χ3v) is 4.91. The predicted molar refractivity (Wildman–Crippen MR) is 99.5 cm³/mol. The van der Waals surface area contributed by atoms with Gasteiger partial charge in [-0.15, -0.1) is 0 Å². The Bertz CT molecular complexity index is 728. The van der Waals surface area contributed by atoms with Crippen molar-refractivity contribution >= 4 is 34.9 Å². The molecule has 132 valence electrons. The van der Waals surface area contributed by atoms with Crippen LogP contribution < -0.4 is 10.1 Å². The van der Waals surface area contributed by atoms with Crippen molar-refractivity contribution in [3.05, 3.63) is 52.8 Å². The number of likely N-dealkylation sites (tertiary alicyclic amines) is 1. The lowest BCUT2D eigenvalue weighted by molar-refractivity contribution is 0.218. The second kappa shape index (κ2) is 8.41. The summed E-state index contributed by atoms with van der Waals surface area (Å²) in [5, 5.41) is 3.86. The molecular formula is C18H19Cl2N3O2. The van der Waals surface area contributed by atoms with Crippen molar-refractivity contribution in [1.29, 1.82) is 0 Å². The Morgan fingerprint density at radius 3 is 2.96 bits per heavy atom. The summed E-state index contributed by atoms with van der Waals surface area (Å²) >= 11 is 11.9. The fourth-order valence-corrected chi connectivity index (χ4v) is 3.09. The maximum absolute atomic E-state index is 12.3. The lowest BCUT2D eigenvalue weighted by atomic mass is 10.1. The van der Waals surface area contributed by atoms with Crippen LogP contribution in [0, 0.1) is 5.92 Å². The van der Waals surface area contributed by atoms with Crippen molar-refractivity contribution in [2.45, 2.75) is 12.8 Å². The summed E-state index contributed by atoms with van der Waals surface area (Å²) in [6.45, 7) is 2.07. The van der Waals surface area contributed by atoms with Crippen molar-refractivity contribution in [2.75, 3.05) is 25.0 Å². The third-order valence-electron chi connectivity index (χ3n) is 4.17. The summed E-state index contributed by atoms with van der Waals surface area (Å²) in [6, 6.07) is 8.77. The second-order valence-corrected chi connectivity index (χ2v) is 6.80. The van der Waals surface area contributed by atoms with Crippen molar-refractivity contribution in [3.8, 4) is 5.75 Å². The number of hydrogen-bond acceptors (Lipinski definition) is 3. The molecule has 5 nitrogen and oxygen atoms in total. The van der Waals surface area contributed by atoms with E-state index in [1.807, 2.05) is 11.0 Å². The number of carbonyl (C=O) groups excluding carboxylic acids is 1. The Kier molecular flexibility index (Phi) is 6.00. The maximum atomic E-state index is 12.3. The molecule has 2 aromatic rings. The molecule has 0 bridgehead atoms. The Balaban J connectivity index is 1.42. The number of amides is 2. The van der Waals surface area contributed by atoms with Gasteiger partial charge in [0.1, 0.15) is 5.75 Å². The molecule has 1 atom stereocenters. The number of urea groups is 1. The average molecular weight is 380 g/mol. The van der Waals surface area contributed by atoms with E-state index in [0.717, 1.165) is 25.9 Å². The number of halogens is 2. The molecule has 0 saturated carbocycles. The molecule has 0 radical (unpaired) electrons. The zero-order valence-corrected chi connectivity index (χ0v) is 15.1. The highest BCUT2D eigenvalue weighted by Gasteiger charge is 2.26. The van der Waals surface area contributed by atoms with Crippen LogP contribution in [0.4, 0.5) is 10.5 Å². The van der Waals surface area contributed by atoms with Crippen molar-refractivity contribution < 1.29 is 9.53 Å². The van der Waals surface area contributed by atoms with Crippen LogP contribution >= 0.6 is 23.2 Å². The number of aromatic nitrogens is 1. The molecule has 1 fully saturated rings. The van der Waals surface area contributed by atoms with Crippen LogP contribution in [0.5, 0.6) is 5.75 Å². The van der Waals surface area contributed by atoms with Gasteiger partial charge in [-0.25, -0.2) is 4.79 Å². The summed E-state index contributed by atoms with van der Waals surface area (Å²) < 4.78 is 5.72. The first-order valence-electron chi connectivity index (χ1n) is 8.15. The number of rotatable bonds is 5. The van der Waals surface area contributed by atoms with Crippen LogP contribution in [0.3, 0.4) is 0 Å². The normalized spacial score (nSPS) is 16.7. The smallest absolute Gasteiger partial charge is 0.321 e. The lowest BCUT2D eigenvalue weighted by Crippen LogP contribution is -2.33. The Morgan fingerprint density at radius 1 is 1.32 bits per heavy atom. The molecule has 1 aromatic carbocycles. The molecule has 1 unspecified atom stereocenters. The van der Waals surface area contributed by atoms with Crippen LogP contribution in [0.25, 0.3) is 0 Å². The largest absolute Gasteiger partial charge is 0.494 e. The summed E-state index contributed by atoms with van der Waals surface area (Å²) in [5.74, 6) is 1.14. The highest BCUT2D eigenvalue weighted by atomic mass is 35.5. The van der Waals surface area contributed by atoms with Crippen LogP contribution in [0.2, 0.25) is 10.0 Å². The highest BCUT2D eigenvalue weighted by Crippen LogP contribution is 2.27. The minimum atomic E-state index is -0.0825. The van der Waals surface area contributed by atoms with E-state index in [1.165, 1.54) is 0 Å². The SMILES string of the molecule is O=C(Nc1cccnc1)N1CCC(CCOc2ccc(Cl)c(Cl)c2)C1. The molecule has 1 saturated heterocycles. The third kappa shape index (κ3) is 5.00. The number of carbonyl (C=O) groups is 1. The molecule has 7 heteroatoms. The Morgan fingerprint density at radius 2 is 2.20 bits per heavy atom. The second-order valence-electron chi connectivity index (χ2n) is 5.99.